The molecule has 2 amide bonds. The first-order chi connectivity index (χ1) is 41.8. The molecule has 0 saturated heterocycles. The third-order valence-corrected chi connectivity index (χ3v) is 15.0. The molecular weight excluding hydrogens is 1100 g/mol. The van der Waals surface area contributed by atoms with Crippen molar-refractivity contribution in [2.24, 2.45) is 7.05 Å². The Morgan fingerprint density at radius 3 is 2.16 bits per heavy atom. The van der Waals surface area contributed by atoms with Crippen molar-refractivity contribution in [2.75, 3.05) is 166 Å². The third-order valence-electron chi connectivity index (χ3n) is 15.0. The van der Waals surface area contributed by atoms with Crippen molar-refractivity contribution in [1.82, 2.24) is 39.6 Å². The number of methoxy groups -OCH3 is 2. The Kier molecular flexibility index (Phi) is 23.7. The predicted octanol–water partition coefficient (Wildman–Crippen LogP) is 7.29. The molecule has 4 N–H and O–H groups in total. The van der Waals surface area contributed by atoms with Crippen LogP contribution in [0.25, 0.3) is 22.2 Å². The van der Waals surface area contributed by atoms with Gasteiger partial charge in [0.2, 0.25) is 17.8 Å². The van der Waals surface area contributed by atoms with Gasteiger partial charge in [-0.25, -0.2) is 25.2 Å². The summed E-state index contributed by atoms with van der Waals surface area (Å²) in [4.78, 5) is 73.8. The molecule has 3 aromatic heterocycles. The molecule has 6 aromatic rings. The molecular formula is C62H84N14O10. The molecule has 24 nitrogen and oxygen atoms in total. The first kappa shape index (κ1) is 63.9. The average molecular weight is 1190 g/mol. The highest BCUT2D eigenvalue weighted by Crippen LogP contribution is 2.41. The zero-order valence-corrected chi connectivity index (χ0v) is 51.1. The molecule has 0 bridgehead atoms. The number of hydrogen-bond donors (Lipinski definition) is 4. The van der Waals surface area contributed by atoms with Gasteiger partial charge < -0.3 is 78.3 Å². The fraction of sp³-hybridized carbons (Fsp3) is 0.468. The number of fused-ring (bicyclic) bond motifs is 2. The summed E-state index contributed by atoms with van der Waals surface area (Å²) in [5, 5.41) is 10.6. The Hall–Kier alpha value is -8.13. The van der Waals surface area contributed by atoms with Crippen molar-refractivity contribution >= 4 is 74.8 Å². The van der Waals surface area contributed by atoms with E-state index in [0.717, 1.165) is 65.9 Å². The number of aromatic nitrogens is 5. The number of carbonyl (C=O) groups is 3. The molecule has 24 heteroatoms. The number of benzene rings is 3. The van der Waals surface area contributed by atoms with Crippen LogP contribution < -0.4 is 45.6 Å². The highest BCUT2D eigenvalue weighted by Gasteiger charge is 2.41. The molecule has 86 heavy (non-hydrogen) atoms. The summed E-state index contributed by atoms with van der Waals surface area (Å²) in [5.74, 6) is 1.72. The van der Waals surface area contributed by atoms with Gasteiger partial charge in [-0.05, 0) is 76.8 Å². The lowest BCUT2D eigenvalue weighted by molar-refractivity contribution is -0.134. The molecule has 1 aliphatic heterocycles. The van der Waals surface area contributed by atoms with Gasteiger partial charge in [-0.3, -0.25) is 9.59 Å². The lowest BCUT2D eigenvalue weighted by atomic mass is 10.0. The second-order valence-electron chi connectivity index (χ2n) is 21.4. The maximum atomic E-state index is 13.3. The molecule has 1 aliphatic carbocycles. The number of carbonyl (C=O) groups excluding carboxylic acids is 3. The fourth-order valence-corrected chi connectivity index (χ4v) is 10.3. The molecule has 2 aliphatic rings. The summed E-state index contributed by atoms with van der Waals surface area (Å²) < 4.78 is 36.3. The van der Waals surface area contributed by atoms with Gasteiger partial charge in [-0.15, -0.1) is 0 Å². The standard InChI is InChI=1S/C62H84N14O10/c1-10-51-60(79)75(7)54-41-65-62(69-58(54)76(51)44-16-11-12-17-44)67-48-22-21-43(38-55(48)80-8)59(78)63-25-30-82-32-34-84-36-37-85-35-33-83-31-29-72(4)26-15-20-57(77)86-70-49-39-50(56(81-9)40-53(49)73(5)28-27-71(2)3)68-61-64-24-23-47(66-61)46-42-74(6)52-19-14-13-18-45(46)52/h13-15,18-24,38-42,44,51,70H,10-12,16-17,25-37H2,1-9H3,(H,63,78)(H,64,66,68)(H,65,67,69)/b20-15+/t51-/m1/s1. The van der Waals surface area contributed by atoms with Crippen LogP contribution in [0.15, 0.2) is 91.4 Å². The second kappa shape index (κ2) is 31.8. The van der Waals surface area contributed by atoms with Crippen LogP contribution in [-0.2, 0) is 40.4 Å². The van der Waals surface area contributed by atoms with Gasteiger partial charge in [0.05, 0.1) is 102 Å². The predicted molar refractivity (Wildman–Crippen MR) is 335 cm³/mol. The largest absolute Gasteiger partial charge is 0.495 e. The highest BCUT2D eigenvalue weighted by molar-refractivity contribution is 6.04. The summed E-state index contributed by atoms with van der Waals surface area (Å²) >= 11 is 0. The van der Waals surface area contributed by atoms with E-state index in [9.17, 15) is 14.4 Å². The van der Waals surface area contributed by atoms with Gasteiger partial charge in [0, 0.05) is 106 Å². The van der Waals surface area contributed by atoms with E-state index in [-0.39, 0.29) is 23.9 Å². The molecule has 3 aromatic carbocycles. The van der Waals surface area contributed by atoms with Gasteiger partial charge in [-0.1, -0.05) is 44.0 Å². The molecule has 0 spiro atoms. The number of ether oxygens (including phenoxy) is 6. The van der Waals surface area contributed by atoms with Crippen molar-refractivity contribution in [1.29, 1.82) is 0 Å². The Morgan fingerprint density at radius 1 is 0.756 bits per heavy atom. The maximum Gasteiger partial charge on any atom is 0.355 e. The Labute approximate surface area is 504 Å². The number of hydrogen-bond acceptors (Lipinski definition) is 21. The van der Waals surface area contributed by atoms with Crippen molar-refractivity contribution in [2.45, 2.75) is 51.1 Å². The van der Waals surface area contributed by atoms with Crippen LogP contribution in [0, 0.1) is 0 Å². The first-order valence-corrected chi connectivity index (χ1v) is 29.3. The minimum absolute atomic E-state index is 0.0579. The number of nitrogens with zero attached hydrogens (tertiary/aromatic N) is 10. The number of anilines is 8. The van der Waals surface area contributed by atoms with E-state index in [1.54, 1.807) is 62.8 Å². The normalized spacial score (nSPS) is 14.4. The SMILES string of the molecule is CC[C@@H]1C(=O)N(C)c2cnc(Nc3ccc(C(=O)NCCOCCOCCOCCOCCN(C)C/C=C/C(=O)ONc4cc(Nc5nccc(-c6cn(C)c7ccccc67)n5)c(OC)cc4N(C)CCN(C)C)cc3OC)nc2N1C1CCCC1. The van der Waals surface area contributed by atoms with E-state index >= 15 is 0 Å². The maximum absolute atomic E-state index is 13.3. The van der Waals surface area contributed by atoms with E-state index in [1.165, 1.54) is 6.08 Å². The Bertz CT molecular complexity index is 3230. The summed E-state index contributed by atoms with van der Waals surface area (Å²) in [6.07, 6.45) is 13.6. The van der Waals surface area contributed by atoms with Gasteiger partial charge in [0.25, 0.3) is 5.91 Å². The zero-order valence-electron chi connectivity index (χ0n) is 51.1. The van der Waals surface area contributed by atoms with Crippen LogP contribution >= 0.6 is 0 Å². The van der Waals surface area contributed by atoms with Gasteiger partial charge in [-0.2, -0.15) is 4.98 Å². The minimum atomic E-state index is -0.567. The van der Waals surface area contributed by atoms with E-state index < -0.39 is 5.97 Å². The third kappa shape index (κ3) is 17.1. The number of amides is 2. The van der Waals surface area contributed by atoms with Crippen LogP contribution in [0.5, 0.6) is 11.5 Å². The molecule has 1 saturated carbocycles. The molecule has 0 radical (unpaired) electrons. The number of aryl methyl sites for hydroxylation is 1. The van der Waals surface area contributed by atoms with Crippen molar-refractivity contribution < 1.29 is 47.6 Å². The minimum Gasteiger partial charge on any atom is -0.495 e. The van der Waals surface area contributed by atoms with E-state index in [0.29, 0.717) is 137 Å². The molecule has 1 atom stereocenters. The van der Waals surface area contributed by atoms with Crippen LogP contribution in [0.3, 0.4) is 0 Å². The first-order valence-electron chi connectivity index (χ1n) is 29.3. The smallest absolute Gasteiger partial charge is 0.355 e. The summed E-state index contributed by atoms with van der Waals surface area (Å²) in [6.45, 7) is 8.17. The second-order valence-corrected chi connectivity index (χ2v) is 21.4. The van der Waals surface area contributed by atoms with Gasteiger partial charge in [0.15, 0.2) is 5.82 Å². The van der Waals surface area contributed by atoms with E-state index in [4.69, 9.17) is 43.2 Å². The highest BCUT2D eigenvalue weighted by atomic mass is 16.7. The zero-order chi connectivity index (χ0) is 61.0. The number of rotatable bonds is 34. The molecule has 4 heterocycles. The topological polar surface area (TPSA) is 237 Å². The molecule has 0 unspecified atom stereocenters. The monoisotopic (exact) mass is 1180 g/mol. The quantitative estimate of drug-likeness (QED) is 0.0176. The number of likely N-dealkylation sites (N-methyl/N-ethyl adjacent to an activating group) is 4. The fourth-order valence-electron chi connectivity index (χ4n) is 10.3. The molecule has 462 valence electrons. The van der Waals surface area contributed by atoms with Gasteiger partial charge in [0.1, 0.15) is 23.2 Å². The molecule has 8 rings (SSSR count). The van der Waals surface area contributed by atoms with Crippen LogP contribution in [-0.4, -0.2) is 199 Å². The van der Waals surface area contributed by atoms with Crippen LogP contribution in [0.4, 0.5) is 46.2 Å². The lowest BCUT2D eigenvalue weighted by Crippen LogP contribution is -2.55. The van der Waals surface area contributed by atoms with Gasteiger partial charge >= 0.3 is 5.97 Å². The van der Waals surface area contributed by atoms with E-state index in [2.05, 4.69) is 69.0 Å². The van der Waals surface area contributed by atoms with E-state index in [1.807, 2.05) is 77.4 Å². The van der Waals surface area contributed by atoms with Crippen LogP contribution in [0.1, 0.15) is 49.4 Å². The van der Waals surface area contributed by atoms with Crippen LogP contribution in [0.2, 0.25) is 0 Å². The number of nitrogens with one attached hydrogen (secondary N) is 4. The summed E-state index contributed by atoms with van der Waals surface area (Å²) in [6, 6.07) is 18.9. The Balaban J connectivity index is 0.675. The van der Waals surface area contributed by atoms with Crippen molar-refractivity contribution in [3.05, 3.63) is 97.0 Å². The Morgan fingerprint density at radius 2 is 1.44 bits per heavy atom. The van der Waals surface area contributed by atoms with Crippen molar-refractivity contribution in [3.8, 4) is 22.8 Å². The van der Waals surface area contributed by atoms with Crippen molar-refractivity contribution in [3.63, 3.8) is 0 Å². The lowest BCUT2D eigenvalue weighted by Gasteiger charge is -2.43. The average Bonchev–Trinajstić information content (AvgIpc) is 1.37. The summed E-state index contributed by atoms with van der Waals surface area (Å²) in [7, 11) is 14.9. The molecule has 1 fully saturated rings. The number of para-hydroxylation sites is 1. The summed E-state index contributed by atoms with van der Waals surface area (Å²) in [5.41, 5.74) is 9.33.